The molecule has 0 unspecified atom stereocenters. The Bertz CT molecular complexity index is 1580. The van der Waals surface area contributed by atoms with E-state index in [9.17, 15) is 9.59 Å². The van der Waals surface area contributed by atoms with Crippen LogP contribution in [0.2, 0.25) is 5.02 Å². The number of rotatable bonds is 3. The Morgan fingerprint density at radius 3 is 2.67 bits per heavy atom. The Morgan fingerprint density at radius 2 is 1.88 bits per heavy atom. The lowest BCUT2D eigenvalue weighted by molar-refractivity contribution is -0.121. The molecule has 6 bridgehead atoms. The van der Waals surface area contributed by atoms with Crippen LogP contribution in [0.4, 0.5) is 28.8 Å². The highest BCUT2D eigenvalue weighted by atomic mass is 35.5. The zero-order valence-corrected chi connectivity index (χ0v) is 22.7. The van der Waals surface area contributed by atoms with Crippen molar-refractivity contribution in [2.75, 3.05) is 29.0 Å². The van der Waals surface area contributed by atoms with Crippen molar-refractivity contribution in [3.05, 3.63) is 82.3 Å². The molecule has 1 fully saturated rings. The Balaban J connectivity index is 1.19. The molecule has 11 heteroatoms. The van der Waals surface area contributed by atoms with Gasteiger partial charge in [-0.25, -0.2) is 4.98 Å². The van der Waals surface area contributed by atoms with E-state index >= 15 is 0 Å². The molecule has 4 aromatic rings. The van der Waals surface area contributed by atoms with Gasteiger partial charge in [0, 0.05) is 42.1 Å². The minimum atomic E-state index is -0.191. The average molecular weight is 558 g/mol. The molecule has 6 rings (SSSR count). The van der Waals surface area contributed by atoms with Gasteiger partial charge in [0.25, 0.3) is 5.91 Å². The maximum Gasteiger partial charge on any atom is 0.276 e. The highest BCUT2D eigenvalue weighted by Crippen LogP contribution is 2.30. The number of amides is 2. The molecule has 0 saturated carbocycles. The largest absolute Gasteiger partial charge is 0.361 e. The third kappa shape index (κ3) is 5.62. The minimum Gasteiger partial charge on any atom is -0.361 e. The molecule has 0 radical (unpaired) electrons. The molecule has 2 aliphatic heterocycles. The lowest BCUT2D eigenvalue weighted by Gasteiger charge is -2.31. The fraction of sp³-hybridized carbons (Fsp3) is 0.276. The van der Waals surface area contributed by atoms with Crippen LogP contribution in [0.5, 0.6) is 0 Å². The Kier molecular flexibility index (Phi) is 7.08. The second-order valence-corrected chi connectivity index (χ2v) is 10.5. The molecule has 2 aromatic carbocycles. The molecule has 2 amide bonds. The van der Waals surface area contributed by atoms with E-state index in [1.54, 1.807) is 24.1 Å². The number of benzene rings is 2. The highest BCUT2D eigenvalue weighted by molar-refractivity contribution is 6.32. The fourth-order valence-corrected chi connectivity index (χ4v) is 5.21. The molecule has 2 aromatic heterocycles. The zero-order chi connectivity index (χ0) is 27.6. The summed E-state index contributed by atoms with van der Waals surface area (Å²) in [5.41, 5.74) is 4.90. The molecule has 0 spiro atoms. The first-order valence-electron chi connectivity index (χ1n) is 13.2. The predicted octanol–water partition coefficient (Wildman–Crippen LogP) is 5.50. The number of carbonyl (C=O) groups excluding carboxylic acids is 2. The molecular weight excluding hydrogens is 530 g/mol. The summed E-state index contributed by atoms with van der Waals surface area (Å²) < 4.78 is 5.04. The topological polar surface area (TPSA) is 125 Å². The lowest BCUT2D eigenvalue weighted by Crippen LogP contribution is -2.41. The van der Waals surface area contributed by atoms with E-state index in [4.69, 9.17) is 16.1 Å². The van der Waals surface area contributed by atoms with Crippen molar-refractivity contribution in [2.24, 2.45) is 5.92 Å². The maximum absolute atomic E-state index is 13.3. The molecule has 40 heavy (non-hydrogen) atoms. The molecule has 204 valence electrons. The standard InChI is InChI=1S/C29H28ClN7O3/c1-17-13-25(36-40-17)28(39)37-11-9-19(10-12-37)27(38)34-24-8-7-22-15-20(24)6-5-18-3-2-4-21(14-18)33-29-31-16-23(30)26(32-22)35-29/h2-4,7-8,13-16,19H,5-6,9-12H2,1H3,(H,34,38)(H2,31,32,33,35). The summed E-state index contributed by atoms with van der Waals surface area (Å²) in [5, 5.41) is 13.9. The maximum atomic E-state index is 13.3. The Morgan fingerprint density at radius 1 is 1.05 bits per heavy atom. The van der Waals surface area contributed by atoms with Crippen LogP contribution in [-0.2, 0) is 17.6 Å². The summed E-state index contributed by atoms with van der Waals surface area (Å²) in [6, 6.07) is 15.6. The first kappa shape index (κ1) is 25.8. The quantitative estimate of drug-likeness (QED) is 0.301. The molecular formula is C29H28ClN7O3. The molecule has 4 heterocycles. The second-order valence-electron chi connectivity index (χ2n) is 10.1. The lowest BCUT2D eigenvalue weighted by atomic mass is 9.95. The number of piperidine rings is 1. The van der Waals surface area contributed by atoms with Gasteiger partial charge in [0.05, 0.1) is 6.20 Å². The molecule has 2 aliphatic rings. The number of hydrogen-bond acceptors (Lipinski definition) is 8. The Labute approximate surface area is 236 Å². The van der Waals surface area contributed by atoms with Gasteiger partial charge in [-0.15, -0.1) is 0 Å². The van der Waals surface area contributed by atoms with Crippen molar-refractivity contribution < 1.29 is 14.1 Å². The molecule has 0 aliphatic carbocycles. The van der Waals surface area contributed by atoms with Gasteiger partial charge in [0.1, 0.15) is 10.8 Å². The number of anilines is 5. The SMILES string of the molecule is Cc1cc(C(=O)N2CCC(C(=O)Nc3ccc4cc3CCc3cccc(c3)Nc3ncc(Cl)c(n3)N4)CC2)no1. The van der Waals surface area contributed by atoms with Gasteiger partial charge in [-0.3, -0.25) is 9.59 Å². The van der Waals surface area contributed by atoms with E-state index in [1.165, 1.54) is 0 Å². The summed E-state index contributed by atoms with van der Waals surface area (Å²) in [7, 11) is 0. The first-order chi connectivity index (χ1) is 19.4. The van der Waals surface area contributed by atoms with Crippen molar-refractivity contribution in [3.63, 3.8) is 0 Å². The van der Waals surface area contributed by atoms with Gasteiger partial charge in [-0.2, -0.15) is 4.98 Å². The van der Waals surface area contributed by atoms with Crippen LogP contribution in [0.3, 0.4) is 0 Å². The normalized spacial score (nSPS) is 15.1. The van der Waals surface area contributed by atoms with Crippen LogP contribution in [0.1, 0.15) is 40.2 Å². The third-order valence-corrected chi connectivity index (χ3v) is 7.51. The summed E-state index contributed by atoms with van der Waals surface area (Å²) in [6.45, 7) is 2.73. The van der Waals surface area contributed by atoms with Crippen LogP contribution in [-0.4, -0.2) is 44.9 Å². The zero-order valence-electron chi connectivity index (χ0n) is 21.9. The van der Waals surface area contributed by atoms with Crippen LogP contribution in [0.25, 0.3) is 0 Å². The van der Waals surface area contributed by atoms with Crippen molar-refractivity contribution in [1.82, 2.24) is 20.0 Å². The number of halogens is 1. The Hall–Kier alpha value is -4.44. The van der Waals surface area contributed by atoms with Crippen LogP contribution < -0.4 is 16.0 Å². The van der Waals surface area contributed by atoms with Crippen LogP contribution in [0, 0.1) is 12.8 Å². The smallest absolute Gasteiger partial charge is 0.276 e. The number of aryl methyl sites for hydroxylation is 3. The van der Waals surface area contributed by atoms with E-state index in [-0.39, 0.29) is 17.7 Å². The molecule has 1 saturated heterocycles. The first-order valence-corrected chi connectivity index (χ1v) is 13.6. The summed E-state index contributed by atoms with van der Waals surface area (Å²) in [4.78, 5) is 36.6. The van der Waals surface area contributed by atoms with Gasteiger partial charge in [0.2, 0.25) is 11.9 Å². The van der Waals surface area contributed by atoms with Gasteiger partial charge < -0.3 is 25.4 Å². The molecule has 10 nitrogen and oxygen atoms in total. The van der Waals surface area contributed by atoms with Crippen molar-refractivity contribution in [1.29, 1.82) is 0 Å². The van der Waals surface area contributed by atoms with Crippen molar-refractivity contribution in [3.8, 4) is 0 Å². The number of hydrogen-bond donors (Lipinski definition) is 3. The average Bonchev–Trinajstić information content (AvgIpc) is 3.40. The monoisotopic (exact) mass is 557 g/mol. The number of nitrogens with zero attached hydrogens (tertiary/aromatic N) is 4. The number of carbonyl (C=O) groups is 2. The van der Waals surface area contributed by atoms with E-state index < -0.39 is 0 Å². The molecule has 3 N–H and O–H groups in total. The number of nitrogens with one attached hydrogen (secondary N) is 3. The number of aromatic nitrogens is 3. The van der Waals surface area contributed by atoms with E-state index in [0.717, 1.165) is 41.0 Å². The number of likely N-dealkylation sites (tertiary alicyclic amines) is 1. The van der Waals surface area contributed by atoms with Crippen molar-refractivity contribution in [2.45, 2.75) is 32.6 Å². The van der Waals surface area contributed by atoms with Gasteiger partial charge in [-0.05, 0) is 74.1 Å². The highest BCUT2D eigenvalue weighted by Gasteiger charge is 2.29. The van der Waals surface area contributed by atoms with E-state index in [1.807, 2.05) is 30.3 Å². The fourth-order valence-electron chi connectivity index (χ4n) is 5.07. The van der Waals surface area contributed by atoms with Gasteiger partial charge in [-0.1, -0.05) is 28.9 Å². The summed E-state index contributed by atoms with van der Waals surface area (Å²) in [5.74, 6) is 1.12. The van der Waals surface area contributed by atoms with E-state index in [0.29, 0.717) is 54.2 Å². The number of fused-ring (bicyclic) bond motifs is 6. The summed E-state index contributed by atoms with van der Waals surface area (Å²) >= 11 is 6.38. The predicted molar refractivity (Wildman–Crippen MR) is 152 cm³/mol. The van der Waals surface area contributed by atoms with Gasteiger partial charge >= 0.3 is 0 Å². The second kappa shape index (κ2) is 11.0. The van der Waals surface area contributed by atoms with Gasteiger partial charge in [0.15, 0.2) is 11.5 Å². The van der Waals surface area contributed by atoms with Crippen LogP contribution >= 0.6 is 11.6 Å². The molecule has 0 atom stereocenters. The minimum absolute atomic E-state index is 0.0426. The van der Waals surface area contributed by atoms with Crippen LogP contribution in [0.15, 0.2) is 59.3 Å². The van der Waals surface area contributed by atoms with E-state index in [2.05, 4.69) is 43.2 Å². The summed E-state index contributed by atoms with van der Waals surface area (Å²) in [6.07, 6.45) is 4.22. The van der Waals surface area contributed by atoms with Crippen molar-refractivity contribution >= 4 is 52.2 Å². The third-order valence-electron chi connectivity index (χ3n) is 7.24.